The Balaban J connectivity index is 2.34. The monoisotopic (exact) mass is 275 g/mol. The summed E-state index contributed by atoms with van der Waals surface area (Å²) in [5.74, 6) is 0.244. The molecule has 0 radical (unpaired) electrons. The summed E-state index contributed by atoms with van der Waals surface area (Å²) in [5.41, 5.74) is 0. The number of ketones is 1. The molecule has 0 bridgehead atoms. The molecule has 0 aliphatic heterocycles. The van der Waals surface area contributed by atoms with E-state index in [2.05, 4.69) is 21.2 Å². The topological polar surface area (TPSA) is 29.1 Å². The van der Waals surface area contributed by atoms with Gasteiger partial charge in [0.05, 0.1) is 10.3 Å². The fourth-order valence-electron chi connectivity index (χ4n) is 1.02. The molecule has 0 saturated carbocycles. The highest BCUT2D eigenvalue weighted by molar-refractivity contribution is 9.11. The first kappa shape index (κ1) is 11.9. The van der Waals surface area contributed by atoms with Crippen LogP contribution in [0.5, 0.6) is 0 Å². The maximum atomic E-state index is 11.5. The van der Waals surface area contributed by atoms with Crippen molar-refractivity contribution in [1.29, 1.82) is 0 Å². The quantitative estimate of drug-likeness (QED) is 0.895. The molecule has 0 aliphatic carbocycles. The van der Waals surface area contributed by atoms with E-state index in [1.54, 1.807) is 11.3 Å². The molecule has 4 heteroatoms. The van der Waals surface area contributed by atoms with E-state index in [0.717, 1.165) is 8.66 Å². The number of Topliss-reactive ketones (excluding diaryl/α,β-unsaturated/α-hetero) is 1. The summed E-state index contributed by atoms with van der Waals surface area (Å²) in [4.78, 5) is 12.6. The van der Waals surface area contributed by atoms with Crippen molar-refractivity contribution < 1.29 is 4.79 Å². The van der Waals surface area contributed by atoms with Gasteiger partial charge in [0.15, 0.2) is 5.78 Å². The zero-order valence-electron chi connectivity index (χ0n) is 8.34. The van der Waals surface area contributed by atoms with Gasteiger partial charge in [-0.15, -0.1) is 11.3 Å². The fraction of sp³-hybridized carbons (Fsp3) is 0.500. The largest absolute Gasteiger partial charge is 0.308 e. The van der Waals surface area contributed by atoms with E-state index >= 15 is 0 Å². The molecule has 2 nitrogen and oxygen atoms in total. The van der Waals surface area contributed by atoms with E-state index in [0.29, 0.717) is 19.0 Å². The second-order valence-corrected chi connectivity index (χ2v) is 6.00. The van der Waals surface area contributed by atoms with Crippen molar-refractivity contribution in [2.45, 2.75) is 26.3 Å². The predicted molar refractivity (Wildman–Crippen MR) is 63.9 cm³/mol. The van der Waals surface area contributed by atoms with E-state index < -0.39 is 0 Å². The third-order valence-electron chi connectivity index (χ3n) is 1.71. The van der Waals surface area contributed by atoms with Crippen LogP contribution in [-0.2, 0) is 11.2 Å². The first-order valence-electron chi connectivity index (χ1n) is 4.57. The summed E-state index contributed by atoms with van der Waals surface area (Å²) in [6.07, 6.45) is 0.538. The Hall–Kier alpha value is -0.190. The lowest BCUT2D eigenvalue weighted by Crippen LogP contribution is -2.29. The van der Waals surface area contributed by atoms with Crippen LogP contribution >= 0.6 is 27.3 Å². The lowest BCUT2D eigenvalue weighted by atomic mass is 10.2. The van der Waals surface area contributed by atoms with Gasteiger partial charge in [-0.05, 0) is 28.1 Å². The minimum Gasteiger partial charge on any atom is -0.308 e. The van der Waals surface area contributed by atoms with Crippen LogP contribution in [0.3, 0.4) is 0 Å². The van der Waals surface area contributed by atoms with Crippen LogP contribution in [-0.4, -0.2) is 18.4 Å². The van der Waals surface area contributed by atoms with Crippen LogP contribution in [0.2, 0.25) is 0 Å². The van der Waals surface area contributed by atoms with E-state index in [1.807, 2.05) is 26.0 Å². The van der Waals surface area contributed by atoms with E-state index in [-0.39, 0.29) is 5.78 Å². The standard InChI is InChI=1S/C10H14BrNOS/c1-7(2)12-6-8(13)5-9-3-4-10(11)14-9/h3-4,7,12H,5-6H2,1-2H3. The molecule has 0 spiro atoms. The van der Waals surface area contributed by atoms with Crippen LogP contribution in [0, 0.1) is 0 Å². The van der Waals surface area contributed by atoms with Gasteiger partial charge in [0.2, 0.25) is 0 Å². The third-order valence-corrected chi connectivity index (χ3v) is 3.33. The van der Waals surface area contributed by atoms with Gasteiger partial charge in [-0.1, -0.05) is 13.8 Å². The Kier molecular flexibility index (Phi) is 4.78. The Morgan fingerprint density at radius 1 is 1.57 bits per heavy atom. The molecule has 0 aromatic carbocycles. The number of nitrogens with one attached hydrogen (secondary N) is 1. The molecule has 0 unspecified atom stereocenters. The van der Waals surface area contributed by atoms with E-state index in [4.69, 9.17) is 0 Å². The number of hydrogen-bond donors (Lipinski definition) is 1. The molecule has 0 aliphatic rings. The summed E-state index contributed by atoms with van der Waals surface area (Å²) in [6, 6.07) is 4.33. The van der Waals surface area contributed by atoms with Crippen LogP contribution < -0.4 is 5.32 Å². The highest BCUT2D eigenvalue weighted by atomic mass is 79.9. The minimum atomic E-state index is 0.244. The van der Waals surface area contributed by atoms with E-state index in [9.17, 15) is 4.79 Å². The van der Waals surface area contributed by atoms with Gasteiger partial charge in [0.1, 0.15) is 0 Å². The van der Waals surface area contributed by atoms with Gasteiger partial charge >= 0.3 is 0 Å². The maximum Gasteiger partial charge on any atom is 0.151 e. The van der Waals surface area contributed by atoms with Gasteiger partial charge in [-0.2, -0.15) is 0 Å². The molecule has 1 aromatic rings. The molecule has 78 valence electrons. The first-order chi connectivity index (χ1) is 6.58. The molecule has 0 fully saturated rings. The molecule has 0 atom stereocenters. The molecular formula is C10H14BrNOS. The van der Waals surface area contributed by atoms with Crippen molar-refractivity contribution in [2.24, 2.45) is 0 Å². The molecule has 1 heterocycles. The average Bonchev–Trinajstić information content (AvgIpc) is 2.48. The molecule has 0 saturated heterocycles. The fourth-order valence-corrected chi connectivity index (χ4v) is 2.53. The second kappa shape index (κ2) is 5.63. The Bertz CT molecular complexity index is 309. The normalized spacial score (nSPS) is 10.9. The van der Waals surface area contributed by atoms with Gasteiger partial charge < -0.3 is 5.32 Å². The zero-order valence-corrected chi connectivity index (χ0v) is 10.7. The molecule has 1 rings (SSSR count). The first-order valence-corrected chi connectivity index (χ1v) is 6.18. The summed E-state index contributed by atoms with van der Waals surface area (Å²) in [7, 11) is 0. The zero-order chi connectivity index (χ0) is 10.6. The highest BCUT2D eigenvalue weighted by Gasteiger charge is 2.06. The number of rotatable bonds is 5. The second-order valence-electron chi connectivity index (χ2n) is 3.46. The number of carbonyl (C=O) groups excluding carboxylic acids is 1. The summed E-state index contributed by atoms with van der Waals surface area (Å²) in [6.45, 7) is 4.54. The summed E-state index contributed by atoms with van der Waals surface area (Å²) >= 11 is 4.99. The Labute approximate surface area is 96.8 Å². The lowest BCUT2D eigenvalue weighted by Gasteiger charge is -2.05. The smallest absolute Gasteiger partial charge is 0.151 e. The summed E-state index contributed by atoms with van der Waals surface area (Å²) < 4.78 is 1.08. The SMILES string of the molecule is CC(C)NCC(=O)Cc1ccc(Br)s1. The predicted octanol–water partition coefficient (Wildman–Crippen LogP) is 2.62. The van der Waals surface area contributed by atoms with Crippen molar-refractivity contribution in [1.82, 2.24) is 5.32 Å². The molecule has 14 heavy (non-hydrogen) atoms. The summed E-state index contributed by atoms with van der Waals surface area (Å²) in [5, 5.41) is 3.12. The molecule has 0 amide bonds. The molecule has 1 N–H and O–H groups in total. The lowest BCUT2D eigenvalue weighted by molar-refractivity contribution is -0.117. The maximum absolute atomic E-state index is 11.5. The van der Waals surface area contributed by atoms with Crippen molar-refractivity contribution >= 4 is 33.0 Å². The van der Waals surface area contributed by atoms with Gasteiger partial charge in [0, 0.05) is 17.3 Å². The minimum absolute atomic E-state index is 0.244. The number of thiophene rings is 1. The Morgan fingerprint density at radius 3 is 2.79 bits per heavy atom. The number of hydrogen-bond acceptors (Lipinski definition) is 3. The molecule has 1 aromatic heterocycles. The van der Waals surface area contributed by atoms with Crippen molar-refractivity contribution in [3.8, 4) is 0 Å². The van der Waals surface area contributed by atoms with Crippen LogP contribution in [0.15, 0.2) is 15.9 Å². The van der Waals surface area contributed by atoms with Crippen LogP contribution in [0.1, 0.15) is 18.7 Å². The highest BCUT2D eigenvalue weighted by Crippen LogP contribution is 2.22. The van der Waals surface area contributed by atoms with Crippen molar-refractivity contribution in [3.05, 3.63) is 20.8 Å². The van der Waals surface area contributed by atoms with Crippen LogP contribution in [0.25, 0.3) is 0 Å². The molecular weight excluding hydrogens is 262 g/mol. The third kappa shape index (κ3) is 4.35. The van der Waals surface area contributed by atoms with Crippen molar-refractivity contribution in [3.63, 3.8) is 0 Å². The van der Waals surface area contributed by atoms with E-state index in [1.165, 1.54) is 0 Å². The van der Waals surface area contributed by atoms with Gasteiger partial charge in [-0.3, -0.25) is 4.79 Å². The number of carbonyl (C=O) groups is 1. The van der Waals surface area contributed by atoms with Crippen LogP contribution in [0.4, 0.5) is 0 Å². The average molecular weight is 276 g/mol. The number of halogens is 1. The van der Waals surface area contributed by atoms with Gasteiger partial charge in [0.25, 0.3) is 0 Å². The van der Waals surface area contributed by atoms with Crippen molar-refractivity contribution in [2.75, 3.05) is 6.54 Å². The van der Waals surface area contributed by atoms with Gasteiger partial charge in [-0.25, -0.2) is 0 Å². The Morgan fingerprint density at radius 2 is 2.29 bits per heavy atom.